The van der Waals surface area contributed by atoms with Crippen LogP contribution in [0.25, 0.3) is 0 Å². The summed E-state index contributed by atoms with van der Waals surface area (Å²) < 4.78 is 24.2. The van der Waals surface area contributed by atoms with Gasteiger partial charge in [-0.25, -0.2) is 4.39 Å². The number of nitrogens with zero attached hydrogens (tertiary/aromatic N) is 3. The van der Waals surface area contributed by atoms with Crippen molar-refractivity contribution in [3.8, 4) is 0 Å². The van der Waals surface area contributed by atoms with Gasteiger partial charge >= 0.3 is 0 Å². The van der Waals surface area contributed by atoms with Crippen molar-refractivity contribution in [3.63, 3.8) is 0 Å². The molecule has 1 aromatic rings. The van der Waals surface area contributed by atoms with E-state index in [0.29, 0.717) is 5.92 Å². The molecule has 2 fully saturated rings. The minimum Gasteiger partial charge on any atom is -0.381 e. The highest BCUT2D eigenvalue weighted by atomic mass is 127. The number of rotatable bonds is 8. The van der Waals surface area contributed by atoms with E-state index < -0.39 is 0 Å². The van der Waals surface area contributed by atoms with E-state index >= 15 is 0 Å². The van der Waals surface area contributed by atoms with E-state index in [9.17, 15) is 4.39 Å². The lowest BCUT2D eigenvalue weighted by atomic mass is 10.1. The fourth-order valence-electron chi connectivity index (χ4n) is 3.57. The van der Waals surface area contributed by atoms with E-state index in [-0.39, 0.29) is 29.8 Å². The molecule has 1 unspecified atom stereocenters. The zero-order valence-corrected chi connectivity index (χ0v) is 19.6. The Morgan fingerprint density at radius 1 is 1.24 bits per heavy atom. The first-order chi connectivity index (χ1) is 13.8. The summed E-state index contributed by atoms with van der Waals surface area (Å²) in [5.74, 6) is 1.35. The average Bonchev–Trinajstić information content (AvgIpc) is 3.24. The molecule has 0 amide bonds. The molecule has 3 rings (SSSR count). The molecule has 1 aromatic carbocycles. The lowest BCUT2D eigenvalue weighted by Crippen LogP contribution is -2.52. The Hall–Kier alpha value is -1.13. The number of anilines is 1. The monoisotopic (exact) mass is 520 g/mol. The van der Waals surface area contributed by atoms with Crippen molar-refractivity contribution < 1.29 is 13.9 Å². The Labute approximate surface area is 190 Å². The van der Waals surface area contributed by atoms with Gasteiger partial charge in [0.1, 0.15) is 5.82 Å². The molecule has 29 heavy (non-hydrogen) atoms. The van der Waals surface area contributed by atoms with Crippen LogP contribution in [0.2, 0.25) is 0 Å². The summed E-state index contributed by atoms with van der Waals surface area (Å²) in [6.45, 7) is 10.6. The first-order valence-electron chi connectivity index (χ1n) is 10.5. The number of aliphatic imine (C=N–C) groups is 1. The van der Waals surface area contributed by atoms with E-state index in [1.807, 2.05) is 12.1 Å². The van der Waals surface area contributed by atoms with Crippen LogP contribution in [0.4, 0.5) is 10.1 Å². The largest absolute Gasteiger partial charge is 0.381 e. The second-order valence-corrected chi connectivity index (χ2v) is 7.34. The van der Waals surface area contributed by atoms with Crippen LogP contribution in [0.3, 0.4) is 0 Å². The van der Waals surface area contributed by atoms with Crippen LogP contribution in [-0.2, 0) is 9.47 Å². The SMILES string of the molecule is CCNC(=NCCCOCC1CCOC1)N1CCN(c2ccc(F)cc2)CC1.I. The van der Waals surface area contributed by atoms with Gasteiger partial charge in [0.15, 0.2) is 5.96 Å². The van der Waals surface area contributed by atoms with E-state index in [1.54, 1.807) is 0 Å². The molecule has 0 spiro atoms. The van der Waals surface area contributed by atoms with Crippen LogP contribution >= 0.6 is 24.0 Å². The molecule has 6 nitrogen and oxygen atoms in total. The van der Waals surface area contributed by atoms with Gasteiger partial charge in [0.25, 0.3) is 0 Å². The topological polar surface area (TPSA) is 49.3 Å². The molecule has 2 heterocycles. The van der Waals surface area contributed by atoms with Crippen molar-refractivity contribution in [2.24, 2.45) is 10.9 Å². The quantitative estimate of drug-likeness (QED) is 0.247. The molecule has 164 valence electrons. The number of benzene rings is 1. The molecule has 1 atom stereocenters. The number of piperazine rings is 1. The third-order valence-electron chi connectivity index (χ3n) is 5.19. The van der Waals surface area contributed by atoms with E-state index in [0.717, 1.165) is 90.2 Å². The van der Waals surface area contributed by atoms with Crippen LogP contribution in [0.1, 0.15) is 19.8 Å². The third kappa shape index (κ3) is 7.90. The summed E-state index contributed by atoms with van der Waals surface area (Å²) in [5, 5.41) is 3.40. The summed E-state index contributed by atoms with van der Waals surface area (Å²) in [6.07, 6.45) is 2.05. The van der Waals surface area contributed by atoms with Crippen molar-refractivity contribution in [2.75, 3.05) is 70.6 Å². The normalized spacial score (nSPS) is 19.9. The van der Waals surface area contributed by atoms with E-state index in [2.05, 4.69) is 22.0 Å². The summed E-state index contributed by atoms with van der Waals surface area (Å²) in [5.41, 5.74) is 1.08. The molecule has 1 N–H and O–H groups in total. The Balaban J connectivity index is 0.00000300. The smallest absolute Gasteiger partial charge is 0.194 e. The molecule has 8 heteroatoms. The highest BCUT2D eigenvalue weighted by molar-refractivity contribution is 14.0. The molecule has 0 saturated carbocycles. The van der Waals surface area contributed by atoms with Crippen LogP contribution in [0.15, 0.2) is 29.3 Å². The van der Waals surface area contributed by atoms with Crippen LogP contribution in [0.5, 0.6) is 0 Å². The summed E-state index contributed by atoms with van der Waals surface area (Å²) in [4.78, 5) is 9.37. The van der Waals surface area contributed by atoms with Crippen molar-refractivity contribution in [3.05, 3.63) is 30.1 Å². The number of halogens is 2. The van der Waals surface area contributed by atoms with E-state index in [1.165, 1.54) is 12.1 Å². The Morgan fingerprint density at radius 3 is 2.66 bits per heavy atom. The van der Waals surface area contributed by atoms with Gasteiger partial charge in [-0.3, -0.25) is 4.99 Å². The number of nitrogens with one attached hydrogen (secondary N) is 1. The van der Waals surface area contributed by atoms with Crippen molar-refractivity contribution in [1.29, 1.82) is 0 Å². The molecule has 0 aromatic heterocycles. The molecule has 0 radical (unpaired) electrons. The number of ether oxygens (including phenoxy) is 2. The van der Waals surface area contributed by atoms with Gasteiger partial charge < -0.3 is 24.6 Å². The number of guanidine groups is 1. The van der Waals surface area contributed by atoms with Gasteiger partial charge in [0.05, 0.1) is 13.2 Å². The predicted molar refractivity (Wildman–Crippen MR) is 126 cm³/mol. The van der Waals surface area contributed by atoms with Gasteiger partial charge in [0, 0.05) is 64.1 Å². The Kier molecular flexibility index (Phi) is 11.0. The van der Waals surface area contributed by atoms with Crippen LogP contribution in [0, 0.1) is 11.7 Å². The van der Waals surface area contributed by atoms with Gasteiger partial charge in [-0.1, -0.05) is 0 Å². The molecule has 0 bridgehead atoms. The van der Waals surface area contributed by atoms with Crippen LogP contribution < -0.4 is 10.2 Å². The maximum Gasteiger partial charge on any atom is 0.194 e. The minimum atomic E-state index is -0.190. The lowest BCUT2D eigenvalue weighted by molar-refractivity contribution is 0.0893. The molecular weight excluding hydrogens is 486 g/mol. The summed E-state index contributed by atoms with van der Waals surface area (Å²) in [7, 11) is 0. The van der Waals surface area contributed by atoms with Crippen LogP contribution in [-0.4, -0.2) is 76.6 Å². The molecule has 2 saturated heterocycles. The predicted octanol–water partition coefficient (Wildman–Crippen LogP) is 2.97. The fraction of sp³-hybridized carbons (Fsp3) is 0.667. The third-order valence-corrected chi connectivity index (χ3v) is 5.19. The second-order valence-electron chi connectivity index (χ2n) is 7.34. The first-order valence-corrected chi connectivity index (χ1v) is 10.5. The lowest BCUT2D eigenvalue weighted by Gasteiger charge is -2.37. The zero-order valence-electron chi connectivity index (χ0n) is 17.3. The molecular formula is C21H34FIN4O2. The zero-order chi connectivity index (χ0) is 19.6. The highest BCUT2D eigenvalue weighted by Gasteiger charge is 2.20. The minimum absolute atomic E-state index is 0. The maximum absolute atomic E-state index is 13.1. The summed E-state index contributed by atoms with van der Waals surface area (Å²) >= 11 is 0. The van der Waals surface area contributed by atoms with Crippen molar-refractivity contribution in [2.45, 2.75) is 19.8 Å². The molecule has 2 aliphatic rings. The van der Waals surface area contributed by atoms with Gasteiger partial charge in [-0.05, 0) is 44.0 Å². The Bertz CT molecular complexity index is 603. The second kappa shape index (κ2) is 13.2. The van der Waals surface area contributed by atoms with Gasteiger partial charge in [-0.15, -0.1) is 24.0 Å². The number of hydrogen-bond donors (Lipinski definition) is 1. The summed E-state index contributed by atoms with van der Waals surface area (Å²) in [6, 6.07) is 6.74. The standard InChI is InChI=1S/C21H33FN4O2.HI/c1-2-23-21(24-9-3-14-27-16-18-8-15-28-17-18)26-12-10-25(11-13-26)20-6-4-19(22)5-7-20;/h4-7,18H,2-3,8-17H2,1H3,(H,23,24);1H. The van der Waals surface area contributed by atoms with Crippen molar-refractivity contribution >= 4 is 35.6 Å². The van der Waals surface area contributed by atoms with Gasteiger partial charge in [0.2, 0.25) is 0 Å². The van der Waals surface area contributed by atoms with Crippen molar-refractivity contribution in [1.82, 2.24) is 10.2 Å². The maximum atomic E-state index is 13.1. The molecule has 0 aliphatic carbocycles. The number of hydrogen-bond acceptors (Lipinski definition) is 4. The first kappa shape index (κ1) is 24.1. The molecule has 2 aliphatic heterocycles. The average molecular weight is 520 g/mol. The fourth-order valence-corrected chi connectivity index (χ4v) is 3.57. The van der Waals surface area contributed by atoms with E-state index in [4.69, 9.17) is 14.5 Å². The van der Waals surface area contributed by atoms with Gasteiger partial charge in [-0.2, -0.15) is 0 Å². The highest BCUT2D eigenvalue weighted by Crippen LogP contribution is 2.17. The Morgan fingerprint density at radius 2 is 2.00 bits per heavy atom.